The van der Waals surface area contributed by atoms with E-state index in [-0.39, 0.29) is 0 Å². The molecule has 3 rings (SSSR count). The molecule has 2 heterocycles. The molecule has 0 bridgehead atoms. The molecule has 0 atom stereocenters. The second-order valence-corrected chi connectivity index (χ2v) is 5.12. The van der Waals surface area contributed by atoms with Crippen molar-refractivity contribution in [3.05, 3.63) is 24.5 Å². The average molecular weight is 257 g/mol. The van der Waals surface area contributed by atoms with Crippen LogP contribution < -0.4 is 10.6 Å². The van der Waals surface area contributed by atoms with Gasteiger partial charge in [-0.05, 0) is 38.2 Å². The Balaban J connectivity index is 2.01. The highest BCUT2D eigenvalue weighted by molar-refractivity contribution is 5.91. The lowest BCUT2D eigenvalue weighted by molar-refractivity contribution is 0.360. The first-order valence-corrected chi connectivity index (χ1v) is 6.68. The number of aromatic nitrogens is 2. The Morgan fingerprint density at radius 2 is 2.00 bits per heavy atom. The second-order valence-electron chi connectivity index (χ2n) is 5.12. The fourth-order valence-electron chi connectivity index (χ4n) is 2.57. The highest BCUT2D eigenvalue weighted by Gasteiger charge is 2.16. The molecule has 5 heteroatoms. The largest absolute Gasteiger partial charge is 0.399 e. The molecule has 19 heavy (non-hydrogen) atoms. The molecule has 0 radical (unpaired) electrons. The van der Waals surface area contributed by atoms with Gasteiger partial charge in [-0.1, -0.05) is 0 Å². The number of fused-ring (bicyclic) bond motifs is 1. The van der Waals surface area contributed by atoms with Crippen LogP contribution in [-0.2, 0) is 0 Å². The number of likely N-dealkylation sites (N-methyl/N-ethyl adjacent to an activating group) is 1. The van der Waals surface area contributed by atoms with E-state index in [1.807, 2.05) is 18.2 Å². The van der Waals surface area contributed by atoms with E-state index < -0.39 is 0 Å². The monoisotopic (exact) mass is 257 g/mol. The van der Waals surface area contributed by atoms with Crippen LogP contribution in [0.1, 0.15) is 6.42 Å². The molecule has 1 aliphatic rings. The minimum atomic E-state index is 0.760. The highest BCUT2D eigenvalue weighted by atomic mass is 15.2. The van der Waals surface area contributed by atoms with E-state index in [0.29, 0.717) is 0 Å². The molecule has 5 nitrogen and oxygen atoms in total. The fourth-order valence-corrected chi connectivity index (χ4v) is 2.57. The molecule has 1 fully saturated rings. The number of anilines is 2. The summed E-state index contributed by atoms with van der Waals surface area (Å²) in [6, 6.07) is 5.81. The first-order chi connectivity index (χ1) is 9.24. The van der Waals surface area contributed by atoms with Gasteiger partial charge in [-0.25, -0.2) is 9.97 Å². The SMILES string of the molecule is CN1CCCN(c2ncnc3ccc(N)cc23)CC1. The van der Waals surface area contributed by atoms with Gasteiger partial charge >= 0.3 is 0 Å². The molecule has 0 saturated carbocycles. The summed E-state index contributed by atoms with van der Waals surface area (Å²) in [6.45, 7) is 4.23. The third kappa shape index (κ3) is 2.46. The standard InChI is InChI=1S/C14H19N5/c1-18-5-2-6-19(8-7-18)14-12-9-11(15)3-4-13(12)16-10-17-14/h3-4,9-10H,2,5-8,15H2,1H3. The van der Waals surface area contributed by atoms with Gasteiger partial charge in [0.1, 0.15) is 12.1 Å². The van der Waals surface area contributed by atoms with Crippen LogP contribution in [0.3, 0.4) is 0 Å². The second kappa shape index (κ2) is 5.01. The quantitative estimate of drug-likeness (QED) is 0.782. The maximum absolute atomic E-state index is 5.89. The predicted octanol–water partition coefficient (Wildman–Crippen LogP) is 1.35. The number of benzene rings is 1. The summed E-state index contributed by atoms with van der Waals surface area (Å²) in [4.78, 5) is 13.5. The van der Waals surface area contributed by atoms with Crippen LogP contribution >= 0.6 is 0 Å². The molecular formula is C14H19N5. The molecule has 0 aliphatic carbocycles. The summed E-state index contributed by atoms with van der Waals surface area (Å²) >= 11 is 0. The Kier molecular flexibility index (Phi) is 3.21. The van der Waals surface area contributed by atoms with Crippen LogP contribution in [0, 0.1) is 0 Å². The number of nitrogens with two attached hydrogens (primary N) is 1. The van der Waals surface area contributed by atoms with Crippen molar-refractivity contribution >= 4 is 22.4 Å². The van der Waals surface area contributed by atoms with E-state index in [0.717, 1.165) is 55.0 Å². The fraction of sp³-hybridized carbons (Fsp3) is 0.429. The van der Waals surface area contributed by atoms with Crippen molar-refractivity contribution in [3.8, 4) is 0 Å². The third-order valence-corrected chi connectivity index (χ3v) is 3.66. The first kappa shape index (κ1) is 12.2. The van der Waals surface area contributed by atoms with Crippen molar-refractivity contribution in [2.24, 2.45) is 0 Å². The number of hydrogen-bond acceptors (Lipinski definition) is 5. The zero-order chi connectivity index (χ0) is 13.2. The summed E-state index contributed by atoms with van der Waals surface area (Å²) in [5.41, 5.74) is 7.61. The Morgan fingerprint density at radius 3 is 2.89 bits per heavy atom. The van der Waals surface area contributed by atoms with Crippen LogP contribution in [-0.4, -0.2) is 48.1 Å². The zero-order valence-corrected chi connectivity index (χ0v) is 11.2. The van der Waals surface area contributed by atoms with Gasteiger partial charge in [0.05, 0.1) is 5.52 Å². The van der Waals surface area contributed by atoms with E-state index in [1.165, 1.54) is 0 Å². The molecule has 1 saturated heterocycles. The molecule has 2 aromatic rings. The van der Waals surface area contributed by atoms with E-state index in [2.05, 4.69) is 26.8 Å². The van der Waals surface area contributed by atoms with Crippen LogP contribution in [0.5, 0.6) is 0 Å². The zero-order valence-electron chi connectivity index (χ0n) is 11.2. The summed E-state index contributed by atoms with van der Waals surface area (Å²) in [6.07, 6.45) is 2.80. The van der Waals surface area contributed by atoms with Crippen molar-refractivity contribution < 1.29 is 0 Å². The number of hydrogen-bond donors (Lipinski definition) is 1. The summed E-state index contributed by atoms with van der Waals surface area (Å²) in [5.74, 6) is 1.01. The molecule has 100 valence electrons. The third-order valence-electron chi connectivity index (χ3n) is 3.66. The van der Waals surface area contributed by atoms with Gasteiger partial charge in [0.2, 0.25) is 0 Å². The van der Waals surface area contributed by atoms with Crippen LogP contribution in [0.15, 0.2) is 24.5 Å². The summed E-state index contributed by atoms with van der Waals surface area (Å²) < 4.78 is 0. The first-order valence-electron chi connectivity index (χ1n) is 6.68. The smallest absolute Gasteiger partial charge is 0.139 e. The number of rotatable bonds is 1. The minimum Gasteiger partial charge on any atom is -0.399 e. The van der Waals surface area contributed by atoms with Gasteiger partial charge < -0.3 is 15.5 Å². The van der Waals surface area contributed by atoms with Crippen molar-refractivity contribution in [1.29, 1.82) is 0 Å². The Morgan fingerprint density at radius 1 is 1.11 bits per heavy atom. The van der Waals surface area contributed by atoms with Crippen LogP contribution in [0.4, 0.5) is 11.5 Å². The minimum absolute atomic E-state index is 0.760. The van der Waals surface area contributed by atoms with Crippen molar-refractivity contribution in [2.45, 2.75) is 6.42 Å². The van der Waals surface area contributed by atoms with E-state index >= 15 is 0 Å². The number of nitrogen functional groups attached to an aromatic ring is 1. The topological polar surface area (TPSA) is 58.3 Å². The molecular weight excluding hydrogens is 238 g/mol. The van der Waals surface area contributed by atoms with Gasteiger partial charge in [0.15, 0.2) is 0 Å². The van der Waals surface area contributed by atoms with Gasteiger partial charge in [-0.2, -0.15) is 0 Å². The normalized spacial score (nSPS) is 17.6. The van der Waals surface area contributed by atoms with Crippen molar-refractivity contribution in [2.75, 3.05) is 43.9 Å². The van der Waals surface area contributed by atoms with Gasteiger partial charge in [0.25, 0.3) is 0 Å². The molecule has 0 unspecified atom stereocenters. The Labute approximate surface area is 113 Å². The molecule has 0 amide bonds. The number of nitrogens with zero attached hydrogens (tertiary/aromatic N) is 4. The summed E-state index contributed by atoms with van der Waals surface area (Å²) in [5, 5.41) is 1.05. The average Bonchev–Trinajstić information content (AvgIpc) is 2.63. The van der Waals surface area contributed by atoms with Crippen molar-refractivity contribution in [3.63, 3.8) is 0 Å². The molecule has 1 aliphatic heterocycles. The maximum atomic E-state index is 5.89. The lowest BCUT2D eigenvalue weighted by Gasteiger charge is -2.22. The van der Waals surface area contributed by atoms with Crippen molar-refractivity contribution in [1.82, 2.24) is 14.9 Å². The molecule has 1 aromatic heterocycles. The lowest BCUT2D eigenvalue weighted by Crippen LogP contribution is -2.29. The lowest BCUT2D eigenvalue weighted by atomic mass is 10.2. The van der Waals surface area contributed by atoms with Gasteiger partial charge in [-0.3, -0.25) is 0 Å². The van der Waals surface area contributed by atoms with Crippen LogP contribution in [0.2, 0.25) is 0 Å². The molecule has 1 aromatic carbocycles. The molecule has 0 spiro atoms. The maximum Gasteiger partial charge on any atom is 0.139 e. The van der Waals surface area contributed by atoms with E-state index in [1.54, 1.807) is 6.33 Å². The van der Waals surface area contributed by atoms with Gasteiger partial charge in [0, 0.05) is 30.7 Å². The highest BCUT2D eigenvalue weighted by Crippen LogP contribution is 2.25. The molecule has 2 N–H and O–H groups in total. The van der Waals surface area contributed by atoms with E-state index in [9.17, 15) is 0 Å². The van der Waals surface area contributed by atoms with E-state index in [4.69, 9.17) is 5.73 Å². The van der Waals surface area contributed by atoms with Crippen LogP contribution in [0.25, 0.3) is 10.9 Å². The summed E-state index contributed by atoms with van der Waals surface area (Å²) in [7, 11) is 2.17. The Bertz CT molecular complexity index is 583. The van der Waals surface area contributed by atoms with Gasteiger partial charge in [-0.15, -0.1) is 0 Å². The predicted molar refractivity (Wildman–Crippen MR) is 78.3 cm³/mol. The Hall–Kier alpha value is -1.88.